The molecule has 0 radical (unpaired) electrons. The van der Waals surface area contributed by atoms with Crippen LogP contribution in [0.5, 0.6) is 0 Å². The summed E-state index contributed by atoms with van der Waals surface area (Å²) in [6.07, 6.45) is 9.05. The highest BCUT2D eigenvalue weighted by molar-refractivity contribution is 5.78. The summed E-state index contributed by atoms with van der Waals surface area (Å²) < 4.78 is 0. The Morgan fingerprint density at radius 2 is 1.39 bits per heavy atom. The Hall–Kier alpha value is -0.530. The number of carbonyl (C=O) groups is 1. The second-order valence-electron chi connectivity index (χ2n) is 5.28. The van der Waals surface area contributed by atoms with Crippen molar-refractivity contribution < 1.29 is 4.79 Å². The van der Waals surface area contributed by atoms with Crippen molar-refractivity contribution in [3.8, 4) is 0 Å². The first-order chi connectivity index (χ1) is 8.71. The molecular formula is C16H33NO. The van der Waals surface area contributed by atoms with Crippen LogP contribution in [0.2, 0.25) is 0 Å². The molecule has 1 atom stereocenters. The van der Waals surface area contributed by atoms with E-state index in [9.17, 15) is 4.79 Å². The lowest BCUT2D eigenvalue weighted by Crippen LogP contribution is -2.37. The van der Waals surface area contributed by atoms with Gasteiger partial charge in [0.1, 0.15) is 0 Å². The second kappa shape index (κ2) is 11.6. The summed E-state index contributed by atoms with van der Waals surface area (Å²) in [6, 6.07) is 0. The van der Waals surface area contributed by atoms with E-state index in [2.05, 4.69) is 32.6 Å². The Balaban J connectivity index is 4.37. The lowest BCUT2D eigenvalue weighted by molar-refractivity contribution is -0.136. The van der Waals surface area contributed by atoms with Crippen LogP contribution in [-0.2, 0) is 4.79 Å². The maximum atomic E-state index is 12.5. The first-order valence-electron chi connectivity index (χ1n) is 7.99. The van der Waals surface area contributed by atoms with Crippen molar-refractivity contribution in [3.05, 3.63) is 0 Å². The monoisotopic (exact) mass is 255 g/mol. The minimum atomic E-state index is 0.263. The van der Waals surface area contributed by atoms with Crippen molar-refractivity contribution in [2.45, 2.75) is 79.1 Å². The van der Waals surface area contributed by atoms with Gasteiger partial charge in [-0.25, -0.2) is 0 Å². The molecule has 0 rings (SSSR count). The molecule has 0 N–H and O–H groups in total. The molecule has 2 heteroatoms. The van der Waals surface area contributed by atoms with Crippen LogP contribution in [-0.4, -0.2) is 23.9 Å². The molecule has 0 aliphatic carbocycles. The minimum Gasteiger partial charge on any atom is -0.342 e. The topological polar surface area (TPSA) is 20.3 Å². The molecule has 0 saturated carbocycles. The molecule has 0 fully saturated rings. The molecule has 0 aromatic heterocycles. The Bertz CT molecular complexity index is 195. The highest BCUT2D eigenvalue weighted by Crippen LogP contribution is 2.17. The highest BCUT2D eigenvalue weighted by atomic mass is 16.2. The second-order valence-corrected chi connectivity index (χ2v) is 5.28. The van der Waals surface area contributed by atoms with Gasteiger partial charge in [-0.05, 0) is 25.7 Å². The van der Waals surface area contributed by atoms with E-state index in [1.165, 1.54) is 25.7 Å². The van der Waals surface area contributed by atoms with Gasteiger partial charge in [0.05, 0.1) is 0 Å². The highest BCUT2D eigenvalue weighted by Gasteiger charge is 2.21. The summed E-state index contributed by atoms with van der Waals surface area (Å²) in [5, 5.41) is 0. The van der Waals surface area contributed by atoms with Gasteiger partial charge in [0.15, 0.2) is 0 Å². The fourth-order valence-corrected chi connectivity index (χ4v) is 2.24. The van der Waals surface area contributed by atoms with Crippen molar-refractivity contribution in [2.24, 2.45) is 5.92 Å². The zero-order valence-corrected chi connectivity index (χ0v) is 13.0. The van der Waals surface area contributed by atoms with Crippen LogP contribution in [0.1, 0.15) is 79.1 Å². The van der Waals surface area contributed by atoms with E-state index >= 15 is 0 Å². The van der Waals surface area contributed by atoms with Crippen molar-refractivity contribution in [1.82, 2.24) is 4.90 Å². The molecule has 0 aliphatic heterocycles. The fraction of sp³-hybridized carbons (Fsp3) is 0.938. The van der Waals surface area contributed by atoms with Gasteiger partial charge in [-0.3, -0.25) is 4.79 Å². The molecule has 18 heavy (non-hydrogen) atoms. The van der Waals surface area contributed by atoms with E-state index < -0.39 is 0 Å². The zero-order valence-electron chi connectivity index (χ0n) is 13.0. The molecule has 0 heterocycles. The van der Waals surface area contributed by atoms with Crippen LogP contribution < -0.4 is 0 Å². The lowest BCUT2D eigenvalue weighted by atomic mass is 9.97. The minimum absolute atomic E-state index is 0.263. The van der Waals surface area contributed by atoms with Crippen LogP contribution in [0.25, 0.3) is 0 Å². The molecule has 0 aromatic carbocycles. The molecular weight excluding hydrogens is 222 g/mol. The largest absolute Gasteiger partial charge is 0.342 e. The normalized spacial score (nSPS) is 12.4. The maximum absolute atomic E-state index is 12.5. The number of unbranched alkanes of at least 4 members (excludes halogenated alkanes) is 3. The molecule has 0 aromatic rings. The number of carbonyl (C=O) groups excluding carboxylic acids is 1. The van der Waals surface area contributed by atoms with Gasteiger partial charge < -0.3 is 4.90 Å². The van der Waals surface area contributed by atoms with E-state index in [0.717, 1.165) is 38.8 Å². The summed E-state index contributed by atoms with van der Waals surface area (Å²) >= 11 is 0. The van der Waals surface area contributed by atoms with Gasteiger partial charge in [0, 0.05) is 19.0 Å². The number of hydrogen-bond acceptors (Lipinski definition) is 1. The van der Waals surface area contributed by atoms with Crippen LogP contribution >= 0.6 is 0 Å². The number of hydrogen-bond donors (Lipinski definition) is 0. The van der Waals surface area contributed by atoms with E-state index in [-0.39, 0.29) is 5.92 Å². The Morgan fingerprint density at radius 3 is 1.78 bits per heavy atom. The first-order valence-corrected chi connectivity index (χ1v) is 7.99. The summed E-state index contributed by atoms with van der Waals surface area (Å²) in [4.78, 5) is 14.6. The Kier molecular flexibility index (Phi) is 11.2. The van der Waals surface area contributed by atoms with Gasteiger partial charge in [0.2, 0.25) is 5.91 Å². The summed E-state index contributed by atoms with van der Waals surface area (Å²) in [6.45, 7) is 10.6. The van der Waals surface area contributed by atoms with E-state index in [1.54, 1.807) is 0 Å². The number of amides is 1. The smallest absolute Gasteiger partial charge is 0.225 e. The lowest BCUT2D eigenvalue weighted by Gasteiger charge is -2.27. The fourth-order valence-electron chi connectivity index (χ4n) is 2.24. The van der Waals surface area contributed by atoms with Gasteiger partial charge in [-0.15, -0.1) is 0 Å². The molecule has 0 aliphatic rings. The van der Waals surface area contributed by atoms with Gasteiger partial charge >= 0.3 is 0 Å². The van der Waals surface area contributed by atoms with Gasteiger partial charge in [-0.2, -0.15) is 0 Å². The van der Waals surface area contributed by atoms with Gasteiger partial charge in [-0.1, -0.05) is 53.4 Å². The van der Waals surface area contributed by atoms with Crippen LogP contribution in [0.3, 0.4) is 0 Å². The van der Waals surface area contributed by atoms with Crippen LogP contribution in [0.4, 0.5) is 0 Å². The van der Waals surface area contributed by atoms with E-state index in [4.69, 9.17) is 0 Å². The average Bonchev–Trinajstić information content (AvgIpc) is 2.39. The quantitative estimate of drug-likeness (QED) is 0.527. The third kappa shape index (κ3) is 7.03. The van der Waals surface area contributed by atoms with Crippen molar-refractivity contribution in [1.29, 1.82) is 0 Å². The summed E-state index contributed by atoms with van der Waals surface area (Å²) in [7, 11) is 0. The third-order valence-electron chi connectivity index (χ3n) is 3.62. The van der Waals surface area contributed by atoms with Gasteiger partial charge in [0.25, 0.3) is 0 Å². The van der Waals surface area contributed by atoms with Crippen molar-refractivity contribution >= 4 is 5.91 Å². The maximum Gasteiger partial charge on any atom is 0.225 e. The molecule has 2 nitrogen and oxygen atoms in total. The van der Waals surface area contributed by atoms with Crippen molar-refractivity contribution in [2.75, 3.05) is 13.1 Å². The van der Waals surface area contributed by atoms with Crippen molar-refractivity contribution in [3.63, 3.8) is 0 Å². The zero-order chi connectivity index (χ0) is 13.8. The Labute approximate surface area is 114 Å². The predicted molar refractivity (Wildman–Crippen MR) is 79.7 cm³/mol. The number of nitrogens with zero attached hydrogens (tertiary/aromatic N) is 1. The molecule has 0 saturated heterocycles. The summed E-state index contributed by atoms with van der Waals surface area (Å²) in [5.74, 6) is 0.673. The average molecular weight is 255 g/mol. The SMILES string of the molecule is CCCCC(CC)C(=O)N(CCCC)CCCC. The molecule has 1 amide bonds. The predicted octanol–water partition coefficient (Wildman–Crippen LogP) is 4.63. The molecule has 1 unspecified atom stereocenters. The molecule has 0 bridgehead atoms. The third-order valence-corrected chi connectivity index (χ3v) is 3.62. The number of rotatable bonds is 11. The van der Waals surface area contributed by atoms with Crippen LogP contribution in [0, 0.1) is 5.92 Å². The van der Waals surface area contributed by atoms with E-state index in [1.807, 2.05) is 0 Å². The molecule has 108 valence electrons. The van der Waals surface area contributed by atoms with Crippen LogP contribution in [0.15, 0.2) is 0 Å². The molecule has 0 spiro atoms. The Morgan fingerprint density at radius 1 is 0.889 bits per heavy atom. The summed E-state index contributed by atoms with van der Waals surface area (Å²) in [5.41, 5.74) is 0. The first kappa shape index (κ1) is 17.5. The van der Waals surface area contributed by atoms with E-state index in [0.29, 0.717) is 5.91 Å². The standard InChI is InChI=1S/C16H33NO/c1-5-9-12-15(8-4)16(18)17(13-10-6-2)14-11-7-3/h15H,5-14H2,1-4H3.